The van der Waals surface area contributed by atoms with Gasteiger partial charge in [0.1, 0.15) is 17.6 Å². The highest BCUT2D eigenvalue weighted by Crippen LogP contribution is 2.51. The third-order valence-electron chi connectivity index (χ3n) is 7.53. The van der Waals surface area contributed by atoms with E-state index in [1.807, 2.05) is 0 Å². The standard InChI is InChI=1S/C25H26F7N7O/c26-18-12-14(4-1-2-10-24(27,28)29)7-8-17(18)23(25(30,31)32)13-16(19-9-11-39(36-19)15-5-3-6-15)20(22(40)33-23)21-34-37-38-35-21/h7-9,11-12,15,22,33,40H,1-6,10,13H2,(H,34,35,37,38). The molecule has 40 heavy (non-hydrogen) atoms. The van der Waals surface area contributed by atoms with Crippen molar-refractivity contribution < 1.29 is 35.8 Å². The number of H-pyrrole nitrogens is 1. The van der Waals surface area contributed by atoms with Gasteiger partial charge in [0, 0.05) is 30.2 Å². The zero-order valence-corrected chi connectivity index (χ0v) is 21.0. The van der Waals surface area contributed by atoms with Crippen LogP contribution < -0.4 is 5.32 Å². The van der Waals surface area contributed by atoms with Gasteiger partial charge in [-0.05, 0) is 67.0 Å². The number of hydrogen-bond acceptors (Lipinski definition) is 6. The van der Waals surface area contributed by atoms with Crippen molar-refractivity contribution in [1.82, 2.24) is 35.7 Å². The number of aliphatic hydroxyl groups is 1. The maximum atomic E-state index is 15.4. The average molecular weight is 574 g/mol. The number of hydrogen-bond donors (Lipinski definition) is 3. The second kappa shape index (κ2) is 10.6. The summed E-state index contributed by atoms with van der Waals surface area (Å²) in [6, 6.07) is 4.77. The van der Waals surface area contributed by atoms with Crippen LogP contribution in [0.3, 0.4) is 0 Å². The number of aliphatic hydroxyl groups excluding tert-OH is 1. The molecule has 8 nitrogen and oxygen atoms in total. The molecule has 0 spiro atoms. The maximum Gasteiger partial charge on any atom is 0.411 e. The molecule has 0 radical (unpaired) electrons. The minimum Gasteiger partial charge on any atom is -0.374 e. The number of nitrogens with zero attached hydrogens (tertiary/aromatic N) is 5. The Labute approximate surface area is 223 Å². The third-order valence-corrected chi connectivity index (χ3v) is 7.53. The van der Waals surface area contributed by atoms with E-state index in [2.05, 4.69) is 31.0 Å². The zero-order chi connectivity index (χ0) is 28.7. The summed E-state index contributed by atoms with van der Waals surface area (Å²) in [6.07, 6.45) is -8.85. The van der Waals surface area contributed by atoms with Crippen molar-refractivity contribution in [2.24, 2.45) is 0 Å². The lowest BCUT2D eigenvalue weighted by molar-refractivity contribution is -0.208. The van der Waals surface area contributed by atoms with Crippen LogP contribution in [0.4, 0.5) is 30.7 Å². The second-order valence-electron chi connectivity index (χ2n) is 10.2. The lowest BCUT2D eigenvalue weighted by atomic mass is 9.76. The number of nitrogens with one attached hydrogen (secondary N) is 2. The van der Waals surface area contributed by atoms with Gasteiger partial charge in [-0.2, -0.15) is 36.7 Å². The molecule has 1 aliphatic heterocycles. The molecule has 1 saturated carbocycles. The topological polar surface area (TPSA) is 105 Å². The van der Waals surface area contributed by atoms with Gasteiger partial charge in [0.2, 0.25) is 5.82 Å². The molecule has 3 N–H and O–H groups in total. The number of aryl methyl sites for hydroxylation is 1. The van der Waals surface area contributed by atoms with Crippen molar-refractivity contribution >= 4 is 11.1 Å². The highest BCUT2D eigenvalue weighted by atomic mass is 19.4. The molecule has 15 heteroatoms. The highest BCUT2D eigenvalue weighted by Gasteiger charge is 2.60. The summed E-state index contributed by atoms with van der Waals surface area (Å²) in [5, 5.41) is 31.0. The summed E-state index contributed by atoms with van der Waals surface area (Å²) in [4.78, 5) is 0. The Bertz CT molecular complexity index is 1360. The number of benzene rings is 1. The summed E-state index contributed by atoms with van der Waals surface area (Å²) in [6.45, 7) is 0. The summed E-state index contributed by atoms with van der Waals surface area (Å²) in [5.41, 5.74) is -3.51. The van der Waals surface area contributed by atoms with Gasteiger partial charge >= 0.3 is 12.4 Å². The van der Waals surface area contributed by atoms with Crippen LogP contribution >= 0.6 is 0 Å². The number of tetrazole rings is 1. The van der Waals surface area contributed by atoms with Crippen molar-refractivity contribution in [2.75, 3.05) is 0 Å². The van der Waals surface area contributed by atoms with Crippen LogP contribution in [0.1, 0.15) is 73.6 Å². The number of aromatic nitrogens is 6. The van der Waals surface area contributed by atoms with Gasteiger partial charge in [-0.3, -0.25) is 10.00 Å². The molecule has 2 atom stereocenters. The van der Waals surface area contributed by atoms with Crippen molar-refractivity contribution in [2.45, 2.75) is 81.5 Å². The van der Waals surface area contributed by atoms with E-state index in [-0.39, 0.29) is 53.5 Å². The average Bonchev–Trinajstić information content (AvgIpc) is 3.52. The van der Waals surface area contributed by atoms with Gasteiger partial charge in [0.15, 0.2) is 0 Å². The lowest BCUT2D eigenvalue weighted by Gasteiger charge is -2.43. The van der Waals surface area contributed by atoms with E-state index in [1.54, 1.807) is 10.9 Å². The van der Waals surface area contributed by atoms with Crippen LogP contribution in [0.2, 0.25) is 0 Å². The second-order valence-corrected chi connectivity index (χ2v) is 10.2. The Morgan fingerprint density at radius 3 is 2.45 bits per heavy atom. The molecule has 2 unspecified atom stereocenters. The summed E-state index contributed by atoms with van der Waals surface area (Å²) in [5.74, 6) is -1.34. The van der Waals surface area contributed by atoms with Gasteiger partial charge in [-0.1, -0.05) is 12.1 Å². The van der Waals surface area contributed by atoms with Crippen LogP contribution in [0.15, 0.2) is 30.5 Å². The molecule has 216 valence electrons. The molecule has 2 aliphatic rings. The first-order valence-corrected chi connectivity index (χ1v) is 12.8. The van der Waals surface area contributed by atoms with Crippen molar-refractivity contribution in [3.05, 3.63) is 58.9 Å². The number of rotatable bonds is 8. The molecule has 0 saturated heterocycles. The molecule has 1 fully saturated rings. The van der Waals surface area contributed by atoms with Gasteiger partial charge < -0.3 is 5.11 Å². The molecule has 5 rings (SSSR count). The van der Waals surface area contributed by atoms with Gasteiger partial charge in [-0.15, -0.1) is 10.2 Å². The number of halogens is 7. The third kappa shape index (κ3) is 5.48. The summed E-state index contributed by atoms with van der Waals surface area (Å²) >= 11 is 0. The molecule has 3 aromatic rings. The van der Waals surface area contributed by atoms with Crippen LogP contribution in [0.5, 0.6) is 0 Å². The van der Waals surface area contributed by atoms with Crippen molar-refractivity contribution in [1.29, 1.82) is 0 Å². The van der Waals surface area contributed by atoms with E-state index in [0.29, 0.717) is 0 Å². The van der Waals surface area contributed by atoms with E-state index in [1.165, 1.54) is 12.1 Å². The fraction of sp³-hybridized carbons (Fsp3) is 0.520. The van der Waals surface area contributed by atoms with E-state index in [4.69, 9.17) is 0 Å². The zero-order valence-electron chi connectivity index (χ0n) is 21.0. The Morgan fingerprint density at radius 2 is 1.85 bits per heavy atom. The minimum absolute atomic E-state index is 0.0290. The van der Waals surface area contributed by atoms with Crippen molar-refractivity contribution in [3.8, 4) is 0 Å². The Morgan fingerprint density at radius 1 is 1.07 bits per heavy atom. The van der Waals surface area contributed by atoms with Crippen LogP contribution in [0.25, 0.3) is 11.1 Å². The monoisotopic (exact) mass is 573 g/mol. The smallest absolute Gasteiger partial charge is 0.374 e. The van der Waals surface area contributed by atoms with E-state index in [9.17, 15) is 31.4 Å². The molecule has 0 amide bonds. The highest BCUT2D eigenvalue weighted by molar-refractivity contribution is 5.91. The number of aromatic amines is 1. The molecule has 0 bridgehead atoms. The number of unbranched alkanes of at least 4 members (excludes halogenated alkanes) is 1. The molecule has 1 aromatic carbocycles. The number of alkyl halides is 6. The van der Waals surface area contributed by atoms with E-state index >= 15 is 4.39 Å². The van der Waals surface area contributed by atoms with E-state index < -0.39 is 48.3 Å². The molecular weight excluding hydrogens is 547 g/mol. The Kier molecular flexibility index (Phi) is 7.46. The molecule has 2 aromatic heterocycles. The van der Waals surface area contributed by atoms with Gasteiger partial charge in [0.05, 0.1) is 11.7 Å². The fourth-order valence-corrected chi connectivity index (χ4v) is 5.22. The molecule has 1 aliphatic carbocycles. The maximum absolute atomic E-state index is 15.4. The Hall–Kier alpha value is -3.33. The first-order chi connectivity index (χ1) is 18.9. The van der Waals surface area contributed by atoms with Gasteiger partial charge in [-0.25, -0.2) is 4.39 Å². The minimum atomic E-state index is -5.09. The predicted molar refractivity (Wildman–Crippen MR) is 128 cm³/mol. The molecular formula is C25H26F7N7O. The van der Waals surface area contributed by atoms with E-state index in [0.717, 1.165) is 31.4 Å². The van der Waals surface area contributed by atoms with Gasteiger partial charge in [0.25, 0.3) is 0 Å². The van der Waals surface area contributed by atoms with Crippen LogP contribution in [-0.4, -0.2) is 54.1 Å². The first kappa shape index (κ1) is 28.2. The Balaban J connectivity index is 1.52. The van der Waals surface area contributed by atoms with Crippen molar-refractivity contribution in [3.63, 3.8) is 0 Å². The first-order valence-electron chi connectivity index (χ1n) is 12.8. The summed E-state index contributed by atoms with van der Waals surface area (Å²) in [7, 11) is 0. The fourth-order valence-electron chi connectivity index (χ4n) is 5.22. The summed E-state index contributed by atoms with van der Waals surface area (Å²) < 4.78 is 99.0. The van der Waals surface area contributed by atoms with Crippen LogP contribution in [0, 0.1) is 5.82 Å². The normalized spacial score (nSPS) is 22.6. The largest absolute Gasteiger partial charge is 0.411 e. The SMILES string of the molecule is OC1NC(c2ccc(CCCCC(F)(F)F)cc2F)(C(F)(F)F)CC(c2ccn(C3CCC3)n2)=C1c1nn[nH]n1. The van der Waals surface area contributed by atoms with Crippen LogP contribution in [-0.2, 0) is 12.0 Å². The predicted octanol–water partition coefficient (Wildman–Crippen LogP) is 5.22. The molecule has 3 heterocycles. The lowest BCUT2D eigenvalue weighted by Crippen LogP contribution is -2.60. The quantitative estimate of drug-likeness (QED) is 0.252.